The van der Waals surface area contributed by atoms with Crippen molar-refractivity contribution in [2.75, 3.05) is 16.0 Å². The molecule has 1 aromatic heterocycles. The Kier molecular flexibility index (Phi) is 6.98. The van der Waals surface area contributed by atoms with E-state index in [1.54, 1.807) is 36.4 Å². The smallest absolute Gasteiger partial charge is 0.256 e. The van der Waals surface area contributed by atoms with Crippen molar-refractivity contribution < 1.29 is 19.1 Å². The van der Waals surface area contributed by atoms with Crippen LogP contribution in [0, 0.1) is 6.92 Å². The van der Waals surface area contributed by atoms with Crippen molar-refractivity contribution in [2.45, 2.75) is 39.4 Å². The Bertz CT molecular complexity index is 1220. The number of anilines is 3. The SMILES string of the molecule is CC(=O)Nc1ccc(NC(=O)c2cc(NC(=O)c3cccc(COC4CC4)c3)ccc2C)cn1. The van der Waals surface area contributed by atoms with E-state index in [9.17, 15) is 14.4 Å². The second-order valence-corrected chi connectivity index (χ2v) is 8.26. The molecule has 34 heavy (non-hydrogen) atoms. The maximum absolute atomic E-state index is 12.8. The van der Waals surface area contributed by atoms with Crippen LogP contribution >= 0.6 is 0 Å². The minimum atomic E-state index is -0.332. The molecule has 8 nitrogen and oxygen atoms in total. The first-order valence-corrected chi connectivity index (χ1v) is 11.0. The zero-order valence-electron chi connectivity index (χ0n) is 19.1. The van der Waals surface area contributed by atoms with Crippen molar-refractivity contribution in [3.8, 4) is 0 Å². The third-order valence-corrected chi connectivity index (χ3v) is 5.26. The minimum Gasteiger partial charge on any atom is -0.374 e. The van der Waals surface area contributed by atoms with Gasteiger partial charge < -0.3 is 20.7 Å². The van der Waals surface area contributed by atoms with Crippen LogP contribution in [-0.4, -0.2) is 28.8 Å². The minimum absolute atomic E-state index is 0.225. The van der Waals surface area contributed by atoms with Crippen molar-refractivity contribution in [3.63, 3.8) is 0 Å². The molecule has 1 aliphatic rings. The Labute approximate surface area is 197 Å². The third-order valence-electron chi connectivity index (χ3n) is 5.26. The fourth-order valence-electron chi connectivity index (χ4n) is 3.32. The van der Waals surface area contributed by atoms with Crippen molar-refractivity contribution in [1.82, 2.24) is 4.98 Å². The number of amides is 3. The fraction of sp³-hybridized carbons (Fsp3) is 0.231. The molecule has 0 radical (unpaired) electrons. The number of nitrogens with one attached hydrogen (secondary N) is 3. The van der Waals surface area contributed by atoms with Gasteiger partial charge in [0.2, 0.25) is 5.91 Å². The molecule has 0 saturated heterocycles. The highest BCUT2D eigenvalue weighted by Crippen LogP contribution is 2.25. The van der Waals surface area contributed by atoms with Crippen LogP contribution < -0.4 is 16.0 Å². The van der Waals surface area contributed by atoms with E-state index in [0.717, 1.165) is 24.0 Å². The van der Waals surface area contributed by atoms with Gasteiger partial charge in [0.1, 0.15) is 5.82 Å². The quantitative estimate of drug-likeness (QED) is 0.459. The lowest BCUT2D eigenvalue weighted by Crippen LogP contribution is -2.16. The van der Waals surface area contributed by atoms with Crippen molar-refractivity contribution in [2.24, 2.45) is 0 Å². The molecule has 0 unspecified atom stereocenters. The average Bonchev–Trinajstić information content (AvgIpc) is 3.64. The number of ether oxygens (including phenoxy) is 1. The number of hydrogen-bond acceptors (Lipinski definition) is 5. The summed E-state index contributed by atoms with van der Waals surface area (Å²) >= 11 is 0. The predicted octanol–water partition coefficient (Wildman–Crippen LogP) is 4.53. The molecule has 4 rings (SSSR count). The van der Waals surface area contributed by atoms with Crippen LogP contribution in [0.1, 0.15) is 51.6 Å². The molecule has 3 aromatic rings. The van der Waals surface area contributed by atoms with Crippen molar-refractivity contribution in [3.05, 3.63) is 83.0 Å². The lowest BCUT2D eigenvalue weighted by molar-refractivity contribution is -0.114. The molecule has 3 amide bonds. The highest BCUT2D eigenvalue weighted by atomic mass is 16.5. The van der Waals surface area contributed by atoms with Gasteiger partial charge in [-0.3, -0.25) is 14.4 Å². The topological polar surface area (TPSA) is 109 Å². The average molecular weight is 459 g/mol. The van der Waals surface area contributed by atoms with E-state index < -0.39 is 0 Å². The van der Waals surface area contributed by atoms with Crippen molar-refractivity contribution >= 4 is 34.9 Å². The van der Waals surface area contributed by atoms with Gasteiger partial charge in [-0.15, -0.1) is 0 Å². The first kappa shape index (κ1) is 23.1. The Morgan fingerprint density at radius 1 is 0.941 bits per heavy atom. The summed E-state index contributed by atoms with van der Waals surface area (Å²) in [6.45, 7) is 3.70. The van der Waals surface area contributed by atoms with E-state index in [-0.39, 0.29) is 17.7 Å². The fourth-order valence-corrected chi connectivity index (χ4v) is 3.32. The molecule has 0 aliphatic heterocycles. The standard InChI is InChI=1S/C26H26N4O4/c1-16-6-7-20(29-25(32)19-5-3-4-18(12-19)15-34-22-9-10-22)13-23(16)26(33)30-21-8-11-24(27-14-21)28-17(2)31/h3-8,11-14,22H,9-10,15H2,1-2H3,(H,29,32)(H,30,33)(H,27,28,31). The number of pyridine rings is 1. The highest BCUT2D eigenvalue weighted by Gasteiger charge is 2.22. The van der Waals surface area contributed by atoms with Gasteiger partial charge in [-0.05, 0) is 67.3 Å². The summed E-state index contributed by atoms with van der Waals surface area (Å²) in [5, 5.41) is 8.22. The van der Waals surface area contributed by atoms with Gasteiger partial charge in [0, 0.05) is 23.7 Å². The summed E-state index contributed by atoms with van der Waals surface area (Å²) in [5.41, 5.74) is 3.65. The van der Waals surface area contributed by atoms with Gasteiger partial charge in [0.15, 0.2) is 0 Å². The normalized spacial score (nSPS) is 12.6. The summed E-state index contributed by atoms with van der Waals surface area (Å²) in [5.74, 6) is -0.421. The molecule has 1 saturated carbocycles. The van der Waals surface area contributed by atoms with Crippen LogP contribution in [-0.2, 0) is 16.1 Å². The summed E-state index contributed by atoms with van der Waals surface area (Å²) in [6.07, 6.45) is 4.01. The van der Waals surface area contributed by atoms with Crippen LogP contribution in [0.5, 0.6) is 0 Å². The first-order valence-electron chi connectivity index (χ1n) is 11.0. The third kappa shape index (κ3) is 6.26. The van der Waals surface area contributed by atoms with E-state index >= 15 is 0 Å². The molecule has 0 spiro atoms. The molecule has 2 aromatic carbocycles. The maximum Gasteiger partial charge on any atom is 0.256 e. The summed E-state index contributed by atoms with van der Waals surface area (Å²) in [7, 11) is 0. The molecule has 174 valence electrons. The van der Waals surface area contributed by atoms with E-state index in [4.69, 9.17) is 4.74 Å². The Morgan fingerprint density at radius 2 is 1.71 bits per heavy atom. The molecule has 3 N–H and O–H groups in total. The van der Waals surface area contributed by atoms with E-state index in [1.165, 1.54) is 13.1 Å². The van der Waals surface area contributed by atoms with Crippen LogP contribution in [0.4, 0.5) is 17.2 Å². The molecular weight excluding hydrogens is 432 g/mol. The van der Waals surface area contributed by atoms with E-state index in [2.05, 4.69) is 20.9 Å². The zero-order chi connectivity index (χ0) is 24.1. The monoisotopic (exact) mass is 458 g/mol. The Balaban J connectivity index is 1.42. The number of benzene rings is 2. The van der Waals surface area contributed by atoms with E-state index in [0.29, 0.717) is 41.0 Å². The lowest BCUT2D eigenvalue weighted by Gasteiger charge is -2.12. The summed E-state index contributed by atoms with van der Waals surface area (Å²) < 4.78 is 5.72. The van der Waals surface area contributed by atoms with Crippen LogP contribution in [0.2, 0.25) is 0 Å². The van der Waals surface area contributed by atoms with Crippen LogP contribution in [0.15, 0.2) is 60.8 Å². The number of rotatable bonds is 8. The molecule has 1 aliphatic carbocycles. The molecular formula is C26H26N4O4. The van der Waals surface area contributed by atoms with Gasteiger partial charge in [-0.25, -0.2) is 4.98 Å². The Hall–Kier alpha value is -4.04. The van der Waals surface area contributed by atoms with E-state index in [1.807, 2.05) is 25.1 Å². The van der Waals surface area contributed by atoms with Gasteiger partial charge in [-0.2, -0.15) is 0 Å². The summed E-state index contributed by atoms with van der Waals surface area (Å²) in [6, 6.07) is 15.8. The molecule has 0 atom stereocenters. The number of nitrogens with zero attached hydrogens (tertiary/aromatic N) is 1. The number of aryl methyl sites for hydroxylation is 1. The number of carbonyl (C=O) groups is 3. The first-order chi connectivity index (χ1) is 16.4. The number of carbonyl (C=O) groups excluding carboxylic acids is 3. The molecule has 8 heteroatoms. The van der Waals surface area contributed by atoms with Gasteiger partial charge in [0.05, 0.1) is 24.6 Å². The lowest BCUT2D eigenvalue weighted by atomic mass is 10.1. The predicted molar refractivity (Wildman–Crippen MR) is 130 cm³/mol. The molecule has 1 heterocycles. The largest absolute Gasteiger partial charge is 0.374 e. The Morgan fingerprint density at radius 3 is 2.41 bits per heavy atom. The van der Waals surface area contributed by atoms with Crippen molar-refractivity contribution in [1.29, 1.82) is 0 Å². The highest BCUT2D eigenvalue weighted by molar-refractivity contribution is 6.08. The van der Waals surface area contributed by atoms with Crippen LogP contribution in [0.25, 0.3) is 0 Å². The number of aromatic nitrogens is 1. The number of hydrogen-bond donors (Lipinski definition) is 3. The summed E-state index contributed by atoms with van der Waals surface area (Å²) in [4.78, 5) is 40.9. The van der Waals surface area contributed by atoms with Gasteiger partial charge >= 0.3 is 0 Å². The second kappa shape index (κ2) is 10.3. The molecule has 1 fully saturated rings. The van der Waals surface area contributed by atoms with Crippen LogP contribution in [0.3, 0.4) is 0 Å². The maximum atomic E-state index is 12.8. The van der Waals surface area contributed by atoms with Gasteiger partial charge in [-0.1, -0.05) is 18.2 Å². The molecule has 0 bridgehead atoms. The zero-order valence-corrected chi connectivity index (χ0v) is 19.1. The second-order valence-electron chi connectivity index (χ2n) is 8.26. The van der Waals surface area contributed by atoms with Gasteiger partial charge in [0.25, 0.3) is 11.8 Å².